The lowest BCUT2D eigenvalue weighted by Crippen LogP contribution is -2.31. The second-order valence-corrected chi connectivity index (χ2v) is 6.40. The molecule has 3 rings (SSSR count). The summed E-state index contributed by atoms with van der Waals surface area (Å²) in [4.78, 5) is 0. The summed E-state index contributed by atoms with van der Waals surface area (Å²) in [6, 6.07) is 4.01. The van der Waals surface area contributed by atoms with Gasteiger partial charge in [-0.05, 0) is 43.9 Å². The largest absolute Gasteiger partial charge is 0.492 e. The van der Waals surface area contributed by atoms with Crippen molar-refractivity contribution in [2.24, 2.45) is 5.92 Å². The zero-order chi connectivity index (χ0) is 13.9. The normalized spacial score (nSPS) is 25.1. The van der Waals surface area contributed by atoms with E-state index in [1.54, 1.807) is 6.07 Å². The number of halogens is 2. The van der Waals surface area contributed by atoms with Crippen LogP contribution in [-0.4, -0.2) is 13.2 Å². The maximum Gasteiger partial charge on any atom is 0.142 e. The van der Waals surface area contributed by atoms with Gasteiger partial charge in [0, 0.05) is 23.0 Å². The van der Waals surface area contributed by atoms with Gasteiger partial charge in [-0.25, -0.2) is 0 Å². The van der Waals surface area contributed by atoms with Gasteiger partial charge in [0.25, 0.3) is 0 Å². The lowest BCUT2D eigenvalue weighted by Gasteiger charge is -2.29. The maximum atomic E-state index is 6.22. The number of rotatable bonds is 3. The van der Waals surface area contributed by atoms with Crippen molar-refractivity contribution in [3.63, 3.8) is 0 Å². The van der Waals surface area contributed by atoms with E-state index in [1.807, 2.05) is 6.07 Å². The van der Waals surface area contributed by atoms with Crippen LogP contribution in [0.4, 0.5) is 0 Å². The molecule has 1 aromatic carbocycles. The predicted molar refractivity (Wildman–Crippen MR) is 83.8 cm³/mol. The predicted octanol–water partition coefficient (Wildman–Crippen LogP) is 4.76. The zero-order valence-corrected chi connectivity index (χ0v) is 12.9. The Balaban J connectivity index is 1.71. The third-order valence-electron chi connectivity index (χ3n) is 4.10. The molecule has 0 amide bonds. The summed E-state index contributed by atoms with van der Waals surface area (Å²) >= 11 is 12.3. The van der Waals surface area contributed by atoms with Crippen molar-refractivity contribution in [1.82, 2.24) is 5.32 Å². The second kappa shape index (κ2) is 6.38. The molecule has 108 valence electrons. The van der Waals surface area contributed by atoms with Crippen molar-refractivity contribution in [3.8, 4) is 5.75 Å². The molecule has 2 atom stereocenters. The third kappa shape index (κ3) is 3.13. The van der Waals surface area contributed by atoms with Gasteiger partial charge in [0.2, 0.25) is 0 Å². The van der Waals surface area contributed by atoms with Crippen LogP contribution in [0.15, 0.2) is 24.3 Å². The third-order valence-corrected chi connectivity index (χ3v) is 4.60. The molecule has 1 aliphatic heterocycles. The minimum atomic E-state index is 0.292. The molecule has 2 unspecified atom stereocenters. The molecule has 0 spiro atoms. The van der Waals surface area contributed by atoms with E-state index in [9.17, 15) is 0 Å². The number of allylic oxidation sites excluding steroid dienone is 2. The van der Waals surface area contributed by atoms with Crippen LogP contribution in [0, 0.1) is 5.92 Å². The molecule has 2 aliphatic rings. The maximum absolute atomic E-state index is 6.22. The number of nitrogens with one attached hydrogen (secondary N) is 1. The van der Waals surface area contributed by atoms with Crippen LogP contribution < -0.4 is 10.1 Å². The lowest BCUT2D eigenvalue weighted by atomic mass is 9.93. The Morgan fingerprint density at radius 1 is 1.20 bits per heavy atom. The highest BCUT2D eigenvalue weighted by atomic mass is 35.5. The molecule has 1 aliphatic carbocycles. The van der Waals surface area contributed by atoms with Gasteiger partial charge in [-0.3, -0.25) is 0 Å². The first kappa shape index (κ1) is 14.2. The van der Waals surface area contributed by atoms with E-state index in [0.717, 1.165) is 30.2 Å². The Kier molecular flexibility index (Phi) is 4.54. The second-order valence-electron chi connectivity index (χ2n) is 5.55. The summed E-state index contributed by atoms with van der Waals surface area (Å²) in [6.45, 7) is 1.75. The SMILES string of the molecule is Clc1cc(Cl)c2c(c1)C(NCC1CC=CCC1)CCO2. The van der Waals surface area contributed by atoms with Gasteiger partial charge < -0.3 is 10.1 Å². The Morgan fingerprint density at radius 3 is 2.90 bits per heavy atom. The van der Waals surface area contributed by atoms with E-state index in [4.69, 9.17) is 27.9 Å². The van der Waals surface area contributed by atoms with Crippen molar-refractivity contribution < 1.29 is 4.74 Å². The van der Waals surface area contributed by atoms with E-state index < -0.39 is 0 Å². The van der Waals surface area contributed by atoms with Crippen LogP contribution in [0.1, 0.15) is 37.3 Å². The summed E-state index contributed by atoms with van der Waals surface area (Å²) in [5.74, 6) is 1.53. The Bertz CT molecular complexity index is 515. The highest BCUT2D eigenvalue weighted by Gasteiger charge is 2.24. The van der Waals surface area contributed by atoms with Gasteiger partial charge in [0.05, 0.1) is 11.6 Å². The van der Waals surface area contributed by atoms with Crippen LogP contribution in [0.3, 0.4) is 0 Å². The summed E-state index contributed by atoms with van der Waals surface area (Å²) in [5.41, 5.74) is 1.10. The monoisotopic (exact) mass is 311 g/mol. The van der Waals surface area contributed by atoms with E-state index >= 15 is 0 Å². The number of hydrogen-bond donors (Lipinski definition) is 1. The minimum absolute atomic E-state index is 0.292. The molecule has 1 heterocycles. The molecule has 0 radical (unpaired) electrons. The summed E-state index contributed by atoms with van der Waals surface area (Å²) in [5, 5.41) is 4.95. The fraction of sp³-hybridized carbons (Fsp3) is 0.500. The first-order valence-electron chi connectivity index (χ1n) is 7.24. The molecule has 0 aromatic heterocycles. The van der Waals surface area contributed by atoms with E-state index in [-0.39, 0.29) is 0 Å². The minimum Gasteiger partial charge on any atom is -0.492 e. The summed E-state index contributed by atoms with van der Waals surface area (Å²) < 4.78 is 5.69. The van der Waals surface area contributed by atoms with Crippen LogP contribution in [0.5, 0.6) is 5.75 Å². The summed E-state index contributed by atoms with van der Waals surface area (Å²) in [7, 11) is 0. The number of fused-ring (bicyclic) bond motifs is 1. The Labute approximate surface area is 130 Å². The molecule has 0 saturated carbocycles. The topological polar surface area (TPSA) is 21.3 Å². The first-order chi connectivity index (χ1) is 9.74. The average molecular weight is 312 g/mol. The fourth-order valence-electron chi connectivity index (χ4n) is 2.99. The van der Waals surface area contributed by atoms with Crippen LogP contribution in [-0.2, 0) is 0 Å². The van der Waals surface area contributed by atoms with E-state index in [2.05, 4.69) is 17.5 Å². The van der Waals surface area contributed by atoms with Gasteiger partial charge in [0.15, 0.2) is 0 Å². The molecule has 1 N–H and O–H groups in total. The van der Waals surface area contributed by atoms with E-state index in [1.165, 1.54) is 19.3 Å². The average Bonchev–Trinajstić information content (AvgIpc) is 2.46. The molecule has 0 saturated heterocycles. The molecule has 4 heteroatoms. The quantitative estimate of drug-likeness (QED) is 0.812. The number of benzene rings is 1. The van der Waals surface area contributed by atoms with Crippen molar-refractivity contribution in [2.45, 2.75) is 31.7 Å². The Hall–Kier alpha value is -0.700. The first-order valence-corrected chi connectivity index (χ1v) is 8.00. The van der Waals surface area contributed by atoms with Crippen molar-refractivity contribution >= 4 is 23.2 Å². The summed E-state index contributed by atoms with van der Waals surface area (Å²) in [6.07, 6.45) is 9.19. The molecule has 0 bridgehead atoms. The van der Waals surface area contributed by atoms with Gasteiger partial charge in [-0.1, -0.05) is 35.4 Å². The van der Waals surface area contributed by atoms with Crippen LogP contribution in [0.2, 0.25) is 10.0 Å². The molecule has 20 heavy (non-hydrogen) atoms. The van der Waals surface area contributed by atoms with Crippen molar-refractivity contribution in [3.05, 3.63) is 39.9 Å². The van der Waals surface area contributed by atoms with E-state index in [0.29, 0.717) is 22.7 Å². The molecular formula is C16H19Cl2NO. The lowest BCUT2D eigenvalue weighted by molar-refractivity contribution is 0.247. The van der Waals surface area contributed by atoms with Gasteiger partial charge in [-0.2, -0.15) is 0 Å². The van der Waals surface area contributed by atoms with Gasteiger partial charge in [-0.15, -0.1) is 0 Å². The molecule has 2 nitrogen and oxygen atoms in total. The molecule has 0 fully saturated rings. The van der Waals surface area contributed by atoms with Crippen molar-refractivity contribution in [1.29, 1.82) is 0 Å². The van der Waals surface area contributed by atoms with Crippen LogP contribution >= 0.6 is 23.2 Å². The number of ether oxygens (including phenoxy) is 1. The molecule has 1 aromatic rings. The van der Waals surface area contributed by atoms with Crippen LogP contribution in [0.25, 0.3) is 0 Å². The zero-order valence-electron chi connectivity index (χ0n) is 11.4. The van der Waals surface area contributed by atoms with Gasteiger partial charge in [0.1, 0.15) is 5.75 Å². The standard InChI is InChI=1S/C16H19Cl2NO/c17-12-8-13-15(6-7-20-16(13)14(18)9-12)19-10-11-4-2-1-3-5-11/h1-2,8-9,11,15,19H,3-7,10H2. The highest BCUT2D eigenvalue weighted by molar-refractivity contribution is 6.35. The number of hydrogen-bond acceptors (Lipinski definition) is 2. The smallest absolute Gasteiger partial charge is 0.142 e. The van der Waals surface area contributed by atoms with Crippen molar-refractivity contribution in [2.75, 3.05) is 13.2 Å². The highest BCUT2D eigenvalue weighted by Crippen LogP contribution is 2.40. The fourth-order valence-corrected chi connectivity index (χ4v) is 3.55. The molecular weight excluding hydrogens is 293 g/mol. The Morgan fingerprint density at radius 2 is 2.10 bits per heavy atom. The van der Waals surface area contributed by atoms with Gasteiger partial charge >= 0.3 is 0 Å².